The lowest BCUT2D eigenvalue weighted by Crippen LogP contribution is -2.16. The third kappa shape index (κ3) is 3.26. The molecule has 5 nitrogen and oxygen atoms in total. The Morgan fingerprint density at radius 3 is 2.68 bits per heavy atom. The quantitative estimate of drug-likeness (QED) is 0.719. The monoisotopic (exact) mass is 338 g/mol. The highest BCUT2D eigenvalue weighted by atomic mass is 16.5. The Labute approximate surface area is 144 Å². The van der Waals surface area contributed by atoms with Crippen LogP contribution in [0.15, 0.2) is 57.7 Å². The predicted octanol–water partition coefficient (Wildman–Crippen LogP) is 3.62. The Bertz CT molecular complexity index is 987. The lowest BCUT2D eigenvalue weighted by atomic mass is 9.87. The molecule has 0 aliphatic heterocycles. The van der Waals surface area contributed by atoms with Crippen LogP contribution in [-0.4, -0.2) is 18.0 Å². The first-order valence-corrected chi connectivity index (χ1v) is 7.89. The summed E-state index contributed by atoms with van der Waals surface area (Å²) in [7, 11) is 1.54. The number of hydrogen-bond acceptors (Lipinski definition) is 5. The standard InChI is InChI=1S/C20H18O5/c1-12(21)10-16(13-6-5-7-14(11-13)24-2)18-19(22)15-8-3-4-9-17(15)25-20(18)23/h3-9,11,16,22H,10H2,1-2H3/t16-/m0/s1. The highest BCUT2D eigenvalue weighted by Gasteiger charge is 2.26. The van der Waals surface area contributed by atoms with Gasteiger partial charge in [-0.05, 0) is 36.8 Å². The Balaban J connectivity index is 2.25. The first-order valence-electron chi connectivity index (χ1n) is 7.89. The highest BCUT2D eigenvalue weighted by molar-refractivity contribution is 5.85. The van der Waals surface area contributed by atoms with Crippen LogP contribution in [0.25, 0.3) is 11.0 Å². The number of Topliss-reactive ketones (excluding diaryl/α,β-unsaturated/α-hetero) is 1. The van der Waals surface area contributed by atoms with Gasteiger partial charge in [-0.2, -0.15) is 0 Å². The number of ketones is 1. The van der Waals surface area contributed by atoms with Crippen LogP contribution in [0.3, 0.4) is 0 Å². The summed E-state index contributed by atoms with van der Waals surface area (Å²) in [6.07, 6.45) is 0.0732. The molecule has 5 heteroatoms. The average Bonchev–Trinajstić information content (AvgIpc) is 2.60. The van der Waals surface area contributed by atoms with Crippen LogP contribution >= 0.6 is 0 Å². The van der Waals surface area contributed by atoms with Gasteiger partial charge < -0.3 is 14.3 Å². The number of ether oxygens (including phenoxy) is 1. The summed E-state index contributed by atoms with van der Waals surface area (Å²) in [5.41, 5.74) is 0.445. The van der Waals surface area contributed by atoms with Crippen LogP contribution in [0.5, 0.6) is 11.5 Å². The van der Waals surface area contributed by atoms with E-state index in [-0.39, 0.29) is 23.5 Å². The molecule has 1 N–H and O–H groups in total. The molecule has 0 bridgehead atoms. The van der Waals surface area contributed by atoms with Crippen molar-refractivity contribution in [2.75, 3.05) is 7.11 Å². The second-order valence-corrected chi connectivity index (χ2v) is 5.88. The Morgan fingerprint density at radius 2 is 1.96 bits per heavy atom. The van der Waals surface area contributed by atoms with Crippen molar-refractivity contribution in [1.82, 2.24) is 0 Å². The molecule has 0 saturated carbocycles. The number of hydrogen-bond donors (Lipinski definition) is 1. The summed E-state index contributed by atoms with van der Waals surface area (Å²) in [4.78, 5) is 24.3. The molecule has 1 aromatic heterocycles. The van der Waals surface area contributed by atoms with Gasteiger partial charge in [0.25, 0.3) is 0 Å². The molecule has 3 rings (SSSR count). The molecule has 3 aromatic rings. The molecule has 2 aromatic carbocycles. The van der Waals surface area contributed by atoms with Gasteiger partial charge in [0.05, 0.1) is 18.1 Å². The summed E-state index contributed by atoms with van der Waals surface area (Å²) in [6.45, 7) is 1.45. The number of rotatable bonds is 5. The van der Waals surface area contributed by atoms with Gasteiger partial charge in [0.15, 0.2) is 0 Å². The molecule has 0 spiro atoms. The normalized spacial score (nSPS) is 12.1. The number of aromatic hydroxyl groups is 1. The number of methoxy groups -OCH3 is 1. The fraction of sp³-hybridized carbons (Fsp3) is 0.200. The Hall–Kier alpha value is -3.08. The molecule has 1 heterocycles. The maximum atomic E-state index is 12.5. The molecule has 0 aliphatic carbocycles. The second kappa shape index (κ2) is 6.81. The van der Waals surface area contributed by atoms with E-state index in [0.717, 1.165) is 0 Å². The van der Waals surface area contributed by atoms with Crippen molar-refractivity contribution in [3.8, 4) is 11.5 Å². The average molecular weight is 338 g/mol. The van der Waals surface area contributed by atoms with Gasteiger partial charge in [-0.25, -0.2) is 4.79 Å². The number of benzene rings is 2. The summed E-state index contributed by atoms with van der Waals surface area (Å²) in [5, 5.41) is 11.1. The first-order chi connectivity index (χ1) is 12.0. The molecule has 0 fully saturated rings. The van der Waals surface area contributed by atoms with Crippen LogP contribution in [0, 0.1) is 0 Å². The minimum atomic E-state index is -0.648. The van der Waals surface area contributed by atoms with Crippen molar-refractivity contribution in [3.05, 3.63) is 70.1 Å². The topological polar surface area (TPSA) is 76.7 Å². The van der Waals surface area contributed by atoms with E-state index in [1.54, 1.807) is 55.6 Å². The van der Waals surface area contributed by atoms with Gasteiger partial charge in [-0.15, -0.1) is 0 Å². The third-order valence-electron chi connectivity index (χ3n) is 4.16. The van der Waals surface area contributed by atoms with E-state index in [1.807, 2.05) is 0 Å². The molecular weight excluding hydrogens is 320 g/mol. The fourth-order valence-corrected chi connectivity index (χ4v) is 2.99. The third-order valence-corrected chi connectivity index (χ3v) is 4.16. The van der Waals surface area contributed by atoms with Crippen molar-refractivity contribution in [2.24, 2.45) is 0 Å². The van der Waals surface area contributed by atoms with Crippen molar-refractivity contribution >= 4 is 16.8 Å². The maximum Gasteiger partial charge on any atom is 0.343 e. The molecular formula is C20H18O5. The predicted molar refractivity (Wildman–Crippen MR) is 94.3 cm³/mol. The molecule has 0 radical (unpaired) electrons. The summed E-state index contributed by atoms with van der Waals surface area (Å²) >= 11 is 0. The van der Waals surface area contributed by atoms with Crippen LogP contribution in [0.2, 0.25) is 0 Å². The van der Waals surface area contributed by atoms with E-state index >= 15 is 0 Å². The zero-order valence-corrected chi connectivity index (χ0v) is 14.0. The van der Waals surface area contributed by atoms with E-state index in [9.17, 15) is 14.7 Å². The molecule has 25 heavy (non-hydrogen) atoms. The maximum absolute atomic E-state index is 12.5. The largest absolute Gasteiger partial charge is 0.507 e. The zero-order valence-electron chi connectivity index (χ0n) is 14.0. The molecule has 0 aliphatic rings. The van der Waals surface area contributed by atoms with E-state index in [2.05, 4.69) is 0 Å². The first kappa shape index (κ1) is 16.8. The van der Waals surface area contributed by atoms with E-state index in [0.29, 0.717) is 22.3 Å². The van der Waals surface area contributed by atoms with Crippen molar-refractivity contribution in [2.45, 2.75) is 19.3 Å². The SMILES string of the molecule is COc1cccc([C@H](CC(C)=O)c2c(O)c3ccccc3oc2=O)c1. The van der Waals surface area contributed by atoms with Crippen LogP contribution in [0.1, 0.15) is 30.4 Å². The van der Waals surface area contributed by atoms with Gasteiger partial charge in [-0.1, -0.05) is 24.3 Å². The van der Waals surface area contributed by atoms with E-state index < -0.39 is 11.5 Å². The van der Waals surface area contributed by atoms with Crippen LogP contribution in [-0.2, 0) is 4.79 Å². The van der Waals surface area contributed by atoms with Crippen molar-refractivity contribution < 1.29 is 19.1 Å². The van der Waals surface area contributed by atoms with Gasteiger partial charge in [0.1, 0.15) is 22.9 Å². The lowest BCUT2D eigenvalue weighted by molar-refractivity contribution is -0.117. The second-order valence-electron chi connectivity index (χ2n) is 5.88. The smallest absolute Gasteiger partial charge is 0.343 e. The molecule has 0 unspecified atom stereocenters. The van der Waals surface area contributed by atoms with E-state index in [1.165, 1.54) is 6.92 Å². The molecule has 0 amide bonds. The van der Waals surface area contributed by atoms with Gasteiger partial charge in [0.2, 0.25) is 0 Å². The zero-order chi connectivity index (χ0) is 18.0. The summed E-state index contributed by atoms with van der Waals surface area (Å²) in [5.74, 6) is -0.259. The Kier molecular flexibility index (Phi) is 4.57. The molecule has 1 atom stereocenters. The van der Waals surface area contributed by atoms with Crippen molar-refractivity contribution in [1.29, 1.82) is 0 Å². The number of fused-ring (bicyclic) bond motifs is 1. The van der Waals surface area contributed by atoms with Gasteiger partial charge in [0, 0.05) is 12.3 Å². The van der Waals surface area contributed by atoms with E-state index in [4.69, 9.17) is 9.15 Å². The molecule has 0 saturated heterocycles. The minimum Gasteiger partial charge on any atom is -0.507 e. The number of carbonyl (C=O) groups is 1. The summed E-state index contributed by atoms with van der Waals surface area (Å²) < 4.78 is 10.6. The lowest BCUT2D eigenvalue weighted by Gasteiger charge is -2.18. The van der Waals surface area contributed by atoms with Gasteiger partial charge >= 0.3 is 5.63 Å². The van der Waals surface area contributed by atoms with Crippen molar-refractivity contribution in [3.63, 3.8) is 0 Å². The summed E-state index contributed by atoms with van der Waals surface area (Å²) in [6, 6.07) is 13.9. The Morgan fingerprint density at radius 1 is 1.20 bits per heavy atom. The number of carbonyl (C=O) groups excluding carboxylic acids is 1. The highest BCUT2D eigenvalue weighted by Crippen LogP contribution is 2.36. The van der Waals surface area contributed by atoms with Crippen LogP contribution in [0.4, 0.5) is 0 Å². The minimum absolute atomic E-state index is 0.0732. The number of para-hydroxylation sites is 1. The van der Waals surface area contributed by atoms with Crippen LogP contribution < -0.4 is 10.4 Å². The fourth-order valence-electron chi connectivity index (χ4n) is 2.99. The van der Waals surface area contributed by atoms with Gasteiger partial charge in [-0.3, -0.25) is 4.79 Å². The molecule has 128 valence electrons.